The molecule has 0 saturated carbocycles. The number of rotatable bonds is 3. The molecular weight excluding hydrogens is 244 g/mol. The van der Waals surface area contributed by atoms with Gasteiger partial charge in [-0.2, -0.15) is 0 Å². The van der Waals surface area contributed by atoms with Gasteiger partial charge in [0, 0.05) is 24.0 Å². The lowest BCUT2D eigenvalue weighted by molar-refractivity contribution is 0.735. The fourth-order valence-corrected chi connectivity index (χ4v) is 2.85. The summed E-state index contributed by atoms with van der Waals surface area (Å²) in [5.41, 5.74) is 7.89. The summed E-state index contributed by atoms with van der Waals surface area (Å²) in [4.78, 5) is 9.92. The van der Waals surface area contributed by atoms with Crippen molar-refractivity contribution in [3.63, 3.8) is 0 Å². The summed E-state index contributed by atoms with van der Waals surface area (Å²) in [6, 6.07) is 8.22. The summed E-state index contributed by atoms with van der Waals surface area (Å²) >= 11 is 1.53. The fourth-order valence-electron chi connectivity index (χ4n) is 2.17. The summed E-state index contributed by atoms with van der Waals surface area (Å²) in [7, 11) is 0. The van der Waals surface area contributed by atoms with Gasteiger partial charge in [0.1, 0.15) is 5.82 Å². The maximum Gasteiger partial charge on any atom is 0.180 e. The minimum atomic E-state index is 0.615. The SMILES string of the molecule is CCn1c(Cc2cnc(N)s2)nc2ccccc21. The Labute approximate surface area is 109 Å². The fraction of sp³-hybridized carbons (Fsp3) is 0.231. The van der Waals surface area contributed by atoms with E-state index in [9.17, 15) is 0 Å². The number of aryl methyl sites for hydroxylation is 1. The number of aromatic nitrogens is 3. The molecule has 5 heteroatoms. The van der Waals surface area contributed by atoms with E-state index in [1.54, 1.807) is 0 Å². The van der Waals surface area contributed by atoms with Gasteiger partial charge in [0.2, 0.25) is 0 Å². The van der Waals surface area contributed by atoms with Gasteiger partial charge in [-0.15, -0.1) is 11.3 Å². The molecule has 4 nitrogen and oxygen atoms in total. The zero-order valence-electron chi connectivity index (χ0n) is 10.1. The Morgan fingerprint density at radius 3 is 2.89 bits per heavy atom. The Morgan fingerprint density at radius 2 is 2.17 bits per heavy atom. The summed E-state index contributed by atoms with van der Waals surface area (Å²) in [5.74, 6) is 1.07. The average Bonchev–Trinajstić information content (AvgIpc) is 2.92. The van der Waals surface area contributed by atoms with E-state index < -0.39 is 0 Å². The third-order valence-electron chi connectivity index (χ3n) is 2.95. The lowest BCUT2D eigenvalue weighted by atomic mass is 10.3. The van der Waals surface area contributed by atoms with E-state index in [0.29, 0.717) is 5.13 Å². The molecule has 92 valence electrons. The molecule has 0 bridgehead atoms. The third kappa shape index (κ3) is 1.86. The average molecular weight is 258 g/mol. The van der Waals surface area contributed by atoms with Gasteiger partial charge >= 0.3 is 0 Å². The molecule has 3 rings (SSSR count). The van der Waals surface area contributed by atoms with Gasteiger partial charge in [-0.1, -0.05) is 12.1 Å². The molecule has 0 amide bonds. The summed E-state index contributed by atoms with van der Waals surface area (Å²) in [6.45, 7) is 3.06. The maximum absolute atomic E-state index is 5.66. The van der Waals surface area contributed by atoms with Crippen LogP contribution in [0, 0.1) is 0 Å². The number of anilines is 1. The van der Waals surface area contributed by atoms with Crippen molar-refractivity contribution in [3.05, 3.63) is 41.2 Å². The van der Waals surface area contributed by atoms with Crippen LogP contribution in [0.25, 0.3) is 11.0 Å². The number of hydrogen-bond acceptors (Lipinski definition) is 4. The van der Waals surface area contributed by atoms with Crippen molar-refractivity contribution in [2.45, 2.75) is 19.9 Å². The van der Waals surface area contributed by atoms with Crippen molar-refractivity contribution in [2.24, 2.45) is 0 Å². The second-order valence-electron chi connectivity index (χ2n) is 4.10. The number of fused-ring (bicyclic) bond motifs is 1. The van der Waals surface area contributed by atoms with Crippen molar-refractivity contribution in [3.8, 4) is 0 Å². The van der Waals surface area contributed by atoms with E-state index in [4.69, 9.17) is 5.73 Å². The Balaban J connectivity index is 2.05. The molecule has 0 fully saturated rings. The van der Waals surface area contributed by atoms with E-state index in [0.717, 1.165) is 29.2 Å². The molecule has 0 aliphatic rings. The zero-order chi connectivity index (χ0) is 12.5. The molecule has 1 aromatic carbocycles. The molecule has 0 aliphatic heterocycles. The maximum atomic E-state index is 5.66. The minimum Gasteiger partial charge on any atom is -0.375 e. The van der Waals surface area contributed by atoms with Crippen LogP contribution in [-0.2, 0) is 13.0 Å². The smallest absolute Gasteiger partial charge is 0.180 e. The lowest BCUT2D eigenvalue weighted by Gasteiger charge is -2.04. The van der Waals surface area contributed by atoms with Gasteiger partial charge in [-0.3, -0.25) is 0 Å². The van der Waals surface area contributed by atoms with Crippen LogP contribution in [0.15, 0.2) is 30.5 Å². The largest absolute Gasteiger partial charge is 0.375 e. The molecule has 0 atom stereocenters. The number of para-hydroxylation sites is 2. The monoisotopic (exact) mass is 258 g/mol. The van der Waals surface area contributed by atoms with Crippen LogP contribution < -0.4 is 5.73 Å². The van der Waals surface area contributed by atoms with Gasteiger partial charge in [0.15, 0.2) is 5.13 Å². The molecule has 0 aliphatic carbocycles. The lowest BCUT2D eigenvalue weighted by Crippen LogP contribution is -2.01. The molecule has 0 unspecified atom stereocenters. The van der Waals surface area contributed by atoms with Gasteiger partial charge in [0.05, 0.1) is 11.0 Å². The van der Waals surface area contributed by atoms with Crippen LogP contribution >= 0.6 is 11.3 Å². The summed E-state index contributed by atoms with van der Waals surface area (Å²) in [6.07, 6.45) is 2.62. The van der Waals surface area contributed by atoms with Crippen molar-refractivity contribution in [2.75, 3.05) is 5.73 Å². The second-order valence-corrected chi connectivity index (χ2v) is 5.25. The van der Waals surface area contributed by atoms with Crippen molar-refractivity contribution >= 4 is 27.5 Å². The van der Waals surface area contributed by atoms with Gasteiger partial charge in [-0.05, 0) is 19.1 Å². The van der Waals surface area contributed by atoms with Gasteiger partial charge < -0.3 is 10.3 Å². The van der Waals surface area contributed by atoms with Crippen molar-refractivity contribution in [1.82, 2.24) is 14.5 Å². The highest BCUT2D eigenvalue weighted by Crippen LogP contribution is 2.21. The van der Waals surface area contributed by atoms with E-state index in [-0.39, 0.29) is 0 Å². The van der Waals surface area contributed by atoms with Crippen LogP contribution in [-0.4, -0.2) is 14.5 Å². The zero-order valence-corrected chi connectivity index (χ0v) is 10.9. The Morgan fingerprint density at radius 1 is 1.33 bits per heavy atom. The Kier molecular flexibility index (Phi) is 2.76. The Hall–Kier alpha value is -1.88. The van der Waals surface area contributed by atoms with Crippen molar-refractivity contribution in [1.29, 1.82) is 0 Å². The quantitative estimate of drug-likeness (QED) is 0.785. The highest BCUT2D eigenvalue weighted by Gasteiger charge is 2.10. The highest BCUT2D eigenvalue weighted by molar-refractivity contribution is 7.15. The first-order valence-electron chi connectivity index (χ1n) is 5.92. The topological polar surface area (TPSA) is 56.7 Å². The van der Waals surface area contributed by atoms with Crippen LogP contribution in [0.4, 0.5) is 5.13 Å². The highest BCUT2D eigenvalue weighted by atomic mass is 32.1. The normalized spacial score (nSPS) is 11.2. The molecule has 2 heterocycles. The van der Waals surface area contributed by atoms with E-state index in [2.05, 4.69) is 27.5 Å². The predicted molar refractivity (Wildman–Crippen MR) is 74.7 cm³/mol. The minimum absolute atomic E-state index is 0.615. The van der Waals surface area contributed by atoms with E-state index in [1.807, 2.05) is 24.4 Å². The number of nitrogens with zero attached hydrogens (tertiary/aromatic N) is 3. The third-order valence-corrected chi connectivity index (χ3v) is 3.78. The molecule has 0 spiro atoms. The number of benzene rings is 1. The number of imidazole rings is 1. The summed E-state index contributed by atoms with van der Waals surface area (Å²) < 4.78 is 2.24. The number of thiazole rings is 1. The molecule has 3 aromatic rings. The number of nitrogen functional groups attached to an aromatic ring is 1. The van der Waals surface area contributed by atoms with Crippen LogP contribution in [0.1, 0.15) is 17.6 Å². The second kappa shape index (κ2) is 4.42. The van der Waals surface area contributed by atoms with Gasteiger partial charge in [0.25, 0.3) is 0 Å². The van der Waals surface area contributed by atoms with Gasteiger partial charge in [-0.25, -0.2) is 9.97 Å². The first-order valence-corrected chi connectivity index (χ1v) is 6.74. The van der Waals surface area contributed by atoms with E-state index in [1.165, 1.54) is 16.9 Å². The Bertz CT molecular complexity index is 683. The summed E-state index contributed by atoms with van der Waals surface area (Å²) in [5, 5.41) is 0.615. The first kappa shape index (κ1) is 11.2. The first-order chi connectivity index (χ1) is 8.78. The molecule has 0 saturated heterocycles. The standard InChI is InChI=1S/C13H14N4S/c1-2-17-11-6-4-3-5-10(11)16-12(17)7-9-8-15-13(14)18-9/h3-6,8H,2,7H2,1H3,(H2,14,15). The molecule has 2 N–H and O–H groups in total. The molecule has 0 radical (unpaired) electrons. The predicted octanol–water partition coefficient (Wildman–Crippen LogP) is 2.69. The van der Waals surface area contributed by atoms with Crippen molar-refractivity contribution < 1.29 is 0 Å². The molecule has 18 heavy (non-hydrogen) atoms. The van der Waals surface area contributed by atoms with Crippen LogP contribution in [0.3, 0.4) is 0 Å². The molecule has 2 aromatic heterocycles. The molecular formula is C13H14N4S. The van der Waals surface area contributed by atoms with Crippen LogP contribution in [0.5, 0.6) is 0 Å². The van der Waals surface area contributed by atoms with E-state index >= 15 is 0 Å². The van der Waals surface area contributed by atoms with Crippen LogP contribution in [0.2, 0.25) is 0 Å². The number of hydrogen-bond donors (Lipinski definition) is 1. The number of nitrogens with two attached hydrogens (primary N) is 1.